The lowest BCUT2D eigenvalue weighted by molar-refractivity contribution is -0.114. The average Bonchev–Trinajstić information content (AvgIpc) is 3.70. The van der Waals surface area contributed by atoms with Gasteiger partial charge in [-0.05, 0) is 74.6 Å². The predicted molar refractivity (Wildman–Crippen MR) is 167 cm³/mol. The van der Waals surface area contributed by atoms with Crippen LogP contribution < -0.4 is 10.2 Å². The lowest BCUT2D eigenvalue weighted by Crippen LogP contribution is -2.53. The molecule has 5 heterocycles. The second kappa shape index (κ2) is 11.7. The Labute approximate surface area is 259 Å². The maximum absolute atomic E-state index is 13.1. The normalized spacial score (nSPS) is 22.5. The molecule has 2 spiro atoms. The summed E-state index contributed by atoms with van der Waals surface area (Å²) in [6, 6.07) is 7.71. The summed E-state index contributed by atoms with van der Waals surface area (Å²) < 4.78 is 27.2. The van der Waals surface area contributed by atoms with E-state index < -0.39 is 10.0 Å². The monoisotopic (exact) mass is 631 g/mol. The number of halogens is 1. The molecule has 43 heavy (non-hydrogen) atoms. The van der Waals surface area contributed by atoms with E-state index in [2.05, 4.69) is 32.3 Å². The first kappa shape index (κ1) is 30.4. The number of nitrogens with one attached hydrogen (secondary N) is 1. The van der Waals surface area contributed by atoms with Crippen LogP contribution in [0.5, 0.6) is 0 Å². The van der Waals surface area contributed by atoms with Crippen molar-refractivity contribution in [2.75, 3.05) is 62.3 Å². The molecule has 0 radical (unpaired) electrons. The van der Waals surface area contributed by atoms with E-state index in [1.54, 1.807) is 16.6 Å². The highest BCUT2D eigenvalue weighted by molar-refractivity contribution is 7.88. The highest BCUT2D eigenvalue weighted by Crippen LogP contribution is 2.44. The molecule has 1 aromatic carbocycles. The van der Waals surface area contributed by atoms with Crippen LogP contribution in [0.25, 0.3) is 0 Å². The first-order chi connectivity index (χ1) is 20.5. The molecule has 234 valence electrons. The Hall–Kier alpha value is -2.67. The highest BCUT2D eigenvalue weighted by Gasteiger charge is 2.45. The van der Waals surface area contributed by atoms with Gasteiger partial charge in [0.15, 0.2) is 5.82 Å². The van der Waals surface area contributed by atoms with Crippen molar-refractivity contribution < 1.29 is 18.0 Å². The van der Waals surface area contributed by atoms with Gasteiger partial charge >= 0.3 is 6.03 Å². The first-order valence-corrected chi connectivity index (χ1v) is 17.5. The standard InChI is InChI=1S/C30H42ClN7O4S/c1-23(39)32-27-6-14-38(33-27)28(40)35-17-11-30(12-18-35)7-3-13-36(30)21-24-4-5-25(31)20-26(24)34-15-8-29(9-16-34)10-19-37(22-29)43(2,41)42/h4-6,14,20H,3,7-13,15-19,21-22H2,1-2H3,(H,32,33,39). The van der Waals surface area contributed by atoms with E-state index in [4.69, 9.17) is 11.6 Å². The number of rotatable bonds is 5. The number of amides is 2. The maximum atomic E-state index is 13.1. The van der Waals surface area contributed by atoms with Crippen LogP contribution in [0.3, 0.4) is 0 Å². The molecule has 6 rings (SSSR count). The average molecular weight is 632 g/mol. The molecule has 13 heteroatoms. The highest BCUT2D eigenvalue weighted by atomic mass is 35.5. The number of nitrogens with zero attached hydrogens (tertiary/aromatic N) is 6. The van der Waals surface area contributed by atoms with Gasteiger partial charge in [-0.2, -0.15) is 4.68 Å². The van der Waals surface area contributed by atoms with Crippen molar-refractivity contribution >= 4 is 45.1 Å². The molecule has 0 aliphatic carbocycles. The van der Waals surface area contributed by atoms with E-state index in [1.165, 1.54) is 29.1 Å². The van der Waals surface area contributed by atoms with E-state index in [1.807, 2.05) is 11.0 Å². The maximum Gasteiger partial charge on any atom is 0.344 e. The fraction of sp³-hybridized carbons (Fsp3) is 0.633. The van der Waals surface area contributed by atoms with Gasteiger partial charge in [-0.25, -0.2) is 17.5 Å². The van der Waals surface area contributed by atoms with Gasteiger partial charge in [0, 0.05) is 81.2 Å². The van der Waals surface area contributed by atoms with Gasteiger partial charge < -0.3 is 15.1 Å². The Balaban J connectivity index is 1.10. The molecule has 2 amide bonds. The molecule has 0 atom stereocenters. The van der Waals surface area contributed by atoms with Crippen LogP contribution >= 0.6 is 11.6 Å². The van der Waals surface area contributed by atoms with E-state index in [0.29, 0.717) is 32.0 Å². The lowest BCUT2D eigenvalue weighted by Gasteiger charge is -2.45. The number of benzene rings is 1. The summed E-state index contributed by atoms with van der Waals surface area (Å²) in [7, 11) is -3.15. The number of hydrogen-bond acceptors (Lipinski definition) is 7. The number of sulfonamides is 1. The van der Waals surface area contributed by atoms with Crippen molar-refractivity contribution in [2.45, 2.75) is 64.0 Å². The van der Waals surface area contributed by atoms with Crippen LogP contribution in [0.4, 0.5) is 16.3 Å². The molecule has 2 aromatic rings. The number of piperidine rings is 2. The summed E-state index contributed by atoms with van der Waals surface area (Å²) in [6.07, 6.45) is 9.87. The summed E-state index contributed by atoms with van der Waals surface area (Å²) in [6.45, 7) is 7.65. The molecule has 4 aliphatic heterocycles. The Kier molecular flexibility index (Phi) is 8.25. The van der Waals surface area contributed by atoms with Gasteiger partial charge in [-0.3, -0.25) is 9.69 Å². The molecule has 0 saturated carbocycles. The molecule has 4 saturated heterocycles. The third-order valence-electron chi connectivity index (χ3n) is 10.2. The molecule has 4 aliphatic rings. The van der Waals surface area contributed by atoms with Crippen LogP contribution in [-0.4, -0.2) is 102 Å². The molecule has 1 aromatic heterocycles. The first-order valence-electron chi connectivity index (χ1n) is 15.3. The summed E-state index contributed by atoms with van der Waals surface area (Å²) in [4.78, 5) is 31.4. The second-order valence-electron chi connectivity index (χ2n) is 13.0. The van der Waals surface area contributed by atoms with Crippen LogP contribution in [0.1, 0.15) is 57.4 Å². The van der Waals surface area contributed by atoms with Crippen molar-refractivity contribution in [3.63, 3.8) is 0 Å². The lowest BCUT2D eigenvalue weighted by atomic mass is 9.77. The van der Waals surface area contributed by atoms with Gasteiger partial charge in [-0.1, -0.05) is 17.7 Å². The van der Waals surface area contributed by atoms with Gasteiger partial charge in [0.05, 0.1) is 6.26 Å². The molecular formula is C30H42ClN7O4S. The number of likely N-dealkylation sites (tertiary alicyclic amines) is 2. The van der Waals surface area contributed by atoms with E-state index in [9.17, 15) is 18.0 Å². The van der Waals surface area contributed by atoms with Crippen molar-refractivity contribution in [3.05, 3.63) is 41.0 Å². The van der Waals surface area contributed by atoms with Gasteiger partial charge in [0.2, 0.25) is 15.9 Å². The predicted octanol–water partition coefficient (Wildman–Crippen LogP) is 3.85. The summed E-state index contributed by atoms with van der Waals surface area (Å²) in [5, 5.41) is 7.57. The number of hydrogen-bond donors (Lipinski definition) is 1. The van der Waals surface area contributed by atoms with Crippen molar-refractivity contribution in [2.24, 2.45) is 5.41 Å². The zero-order chi connectivity index (χ0) is 30.4. The minimum atomic E-state index is -3.15. The molecule has 1 N–H and O–H groups in total. The van der Waals surface area contributed by atoms with Gasteiger partial charge in [0.25, 0.3) is 0 Å². The largest absolute Gasteiger partial charge is 0.371 e. The molecule has 4 fully saturated rings. The van der Waals surface area contributed by atoms with Crippen LogP contribution in [0, 0.1) is 5.41 Å². The Bertz CT molecular complexity index is 1480. The number of aromatic nitrogens is 2. The molecule has 0 bridgehead atoms. The quantitative estimate of drug-likeness (QED) is 0.534. The Morgan fingerprint density at radius 3 is 2.37 bits per heavy atom. The third-order valence-corrected chi connectivity index (χ3v) is 11.7. The Morgan fingerprint density at radius 2 is 1.70 bits per heavy atom. The summed E-state index contributed by atoms with van der Waals surface area (Å²) >= 11 is 6.53. The van der Waals surface area contributed by atoms with Gasteiger partial charge in [0.1, 0.15) is 0 Å². The van der Waals surface area contributed by atoms with E-state index in [-0.39, 0.29) is 22.9 Å². The number of anilines is 2. The third kappa shape index (κ3) is 6.29. The topological polar surface area (TPSA) is 111 Å². The fourth-order valence-corrected chi connectivity index (χ4v) is 8.82. The van der Waals surface area contributed by atoms with E-state index in [0.717, 1.165) is 76.1 Å². The SMILES string of the molecule is CC(=O)Nc1ccn(C(=O)N2CCC3(CCCN3Cc3ccc(Cl)cc3N3CCC4(CC3)CCN(S(C)(=O)=O)C4)CC2)n1. The van der Waals surface area contributed by atoms with Crippen molar-refractivity contribution in [1.29, 1.82) is 0 Å². The minimum absolute atomic E-state index is 0.0596. The van der Waals surface area contributed by atoms with Crippen LogP contribution in [0.15, 0.2) is 30.5 Å². The molecular weight excluding hydrogens is 590 g/mol. The van der Waals surface area contributed by atoms with Crippen molar-refractivity contribution in [1.82, 2.24) is 23.9 Å². The fourth-order valence-electron chi connectivity index (χ4n) is 7.72. The smallest absolute Gasteiger partial charge is 0.344 e. The molecule has 11 nitrogen and oxygen atoms in total. The van der Waals surface area contributed by atoms with Crippen LogP contribution in [0.2, 0.25) is 5.02 Å². The number of carbonyl (C=O) groups is 2. The summed E-state index contributed by atoms with van der Waals surface area (Å²) in [5.41, 5.74) is 2.59. The second-order valence-corrected chi connectivity index (χ2v) is 15.4. The van der Waals surface area contributed by atoms with Crippen LogP contribution in [-0.2, 0) is 21.4 Å². The Morgan fingerprint density at radius 1 is 0.977 bits per heavy atom. The zero-order valence-corrected chi connectivity index (χ0v) is 26.7. The summed E-state index contributed by atoms with van der Waals surface area (Å²) in [5.74, 6) is 0.153. The number of carbonyl (C=O) groups excluding carboxylic acids is 2. The van der Waals surface area contributed by atoms with E-state index >= 15 is 0 Å². The zero-order valence-electron chi connectivity index (χ0n) is 25.1. The van der Waals surface area contributed by atoms with Gasteiger partial charge in [-0.15, -0.1) is 5.10 Å². The van der Waals surface area contributed by atoms with Crippen molar-refractivity contribution in [3.8, 4) is 0 Å². The minimum Gasteiger partial charge on any atom is -0.371 e. The molecule has 0 unspecified atom stereocenters.